The second-order valence-electron chi connectivity index (χ2n) is 6.81. The highest BCUT2D eigenvalue weighted by Crippen LogP contribution is 2.13. The molecule has 0 unspecified atom stereocenters. The molecule has 7 nitrogen and oxygen atoms in total. The molecule has 0 aliphatic rings. The Hall–Kier alpha value is -1.66. The van der Waals surface area contributed by atoms with Gasteiger partial charge in [-0.15, -0.1) is 5.03 Å². The summed E-state index contributed by atoms with van der Waals surface area (Å²) in [5, 5.41) is 13.6. The summed E-state index contributed by atoms with van der Waals surface area (Å²) >= 11 is 0. The first-order chi connectivity index (χ1) is 12.2. The van der Waals surface area contributed by atoms with Crippen molar-refractivity contribution in [2.75, 3.05) is 0 Å². The summed E-state index contributed by atoms with van der Waals surface area (Å²) in [6.45, 7) is 3.06. The van der Waals surface area contributed by atoms with Crippen molar-refractivity contribution in [3.8, 4) is 0 Å². The molecule has 0 amide bonds. The lowest BCUT2D eigenvalue weighted by Gasteiger charge is -2.07. The van der Waals surface area contributed by atoms with E-state index >= 15 is 0 Å². The lowest BCUT2D eigenvalue weighted by Crippen LogP contribution is -2.29. The van der Waals surface area contributed by atoms with E-state index < -0.39 is 5.03 Å². The highest BCUT2D eigenvalue weighted by molar-refractivity contribution is 4.52. The van der Waals surface area contributed by atoms with E-state index in [0.717, 1.165) is 17.6 Å². The largest absolute Gasteiger partial charge is 0.373 e. The minimum absolute atomic E-state index is 0.724. The van der Waals surface area contributed by atoms with Gasteiger partial charge in [0.05, 0.1) is 0 Å². The van der Waals surface area contributed by atoms with Crippen molar-refractivity contribution in [2.45, 2.75) is 103 Å². The van der Waals surface area contributed by atoms with Gasteiger partial charge in [0.1, 0.15) is 11.6 Å². The van der Waals surface area contributed by atoms with Gasteiger partial charge in [-0.25, -0.2) is 4.68 Å². The van der Waals surface area contributed by atoms with Gasteiger partial charge in [0, 0.05) is 0 Å². The quantitative estimate of drug-likeness (QED) is 0.171. The maximum Gasteiger partial charge on any atom is 0.332 e. The zero-order valence-electron chi connectivity index (χ0n) is 15.8. The molecular weight excluding hydrogens is 318 g/mol. The van der Waals surface area contributed by atoms with E-state index in [0.29, 0.717) is 0 Å². The molecule has 0 radical (unpaired) electrons. The first kappa shape index (κ1) is 21.4. The lowest BCUT2D eigenvalue weighted by molar-refractivity contribution is -0.738. The van der Waals surface area contributed by atoms with Crippen molar-refractivity contribution in [3.05, 3.63) is 28.3 Å². The van der Waals surface area contributed by atoms with E-state index in [-0.39, 0.29) is 0 Å². The standard InChI is InChI=1S/C18H35N5O2/c1-2-3-4-5-6-7-8-9-10-11-12-13-14-15-16-21-18-22(17-19-21)20-23(24)25/h17-18H,2-16H2,1H3. The molecule has 1 heterocycles. The Labute approximate surface area is 151 Å². The molecule has 7 heteroatoms. The summed E-state index contributed by atoms with van der Waals surface area (Å²) in [7, 11) is 0. The smallest absolute Gasteiger partial charge is 0.332 e. The highest BCUT2D eigenvalue weighted by atomic mass is 16.7. The van der Waals surface area contributed by atoms with E-state index in [1.165, 1.54) is 89.8 Å². The Morgan fingerprint density at radius 1 is 0.920 bits per heavy atom. The van der Waals surface area contributed by atoms with Gasteiger partial charge in [-0.2, -0.15) is 0 Å². The predicted octanol–water partition coefficient (Wildman–Crippen LogP) is 4.98. The van der Waals surface area contributed by atoms with E-state index in [2.05, 4.69) is 17.6 Å². The van der Waals surface area contributed by atoms with Crippen molar-refractivity contribution in [1.82, 2.24) is 9.78 Å². The second kappa shape index (κ2) is 14.7. The Balaban J connectivity index is 1.83. The number of nitro groups is 1. The van der Waals surface area contributed by atoms with Crippen molar-refractivity contribution >= 4 is 0 Å². The molecule has 0 atom stereocenters. The summed E-state index contributed by atoms with van der Waals surface area (Å²) in [5.41, 5.74) is 3.15. The minimum Gasteiger partial charge on any atom is -0.373 e. The third kappa shape index (κ3) is 12.4. The normalized spacial score (nSPS) is 10.9. The molecule has 0 fully saturated rings. The molecule has 0 saturated heterocycles. The lowest BCUT2D eigenvalue weighted by atomic mass is 10.0. The van der Waals surface area contributed by atoms with Crippen LogP contribution in [0.15, 0.2) is 12.7 Å². The third-order valence-electron chi connectivity index (χ3n) is 4.49. The van der Waals surface area contributed by atoms with E-state index in [1.807, 2.05) is 0 Å². The van der Waals surface area contributed by atoms with Crippen LogP contribution in [0.3, 0.4) is 0 Å². The zero-order chi connectivity index (χ0) is 18.2. The van der Waals surface area contributed by atoms with Gasteiger partial charge in [0.25, 0.3) is 6.33 Å². The fourth-order valence-electron chi connectivity index (χ4n) is 3.03. The van der Waals surface area contributed by atoms with E-state index in [4.69, 9.17) is 0 Å². The van der Waals surface area contributed by atoms with Gasteiger partial charge in [-0.05, 0) is 17.5 Å². The first-order valence-electron chi connectivity index (χ1n) is 10.0. The number of unbranched alkanes of at least 4 members (excludes halogenated alkanes) is 13. The van der Waals surface area contributed by atoms with Crippen LogP contribution < -0.4 is 4.68 Å². The van der Waals surface area contributed by atoms with Gasteiger partial charge in [-0.1, -0.05) is 84.0 Å². The number of aryl methyl sites for hydroxylation is 1. The number of aromatic nitrogens is 3. The van der Waals surface area contributed by atoms with Gasteiger partial charge in [0.2, 0.25) is 0 Å². The van der Waals surface area contributed by atoms with Crippen LogP contribution in [0.5, 0.6) is 0 Å². The molecule has 1 rings (SSSR count). The van der Waals surface area contributed by atoms with Crippen LogP contribution in [-0.2, 0) is 6.54 Å². The van der Waals surface area contributed by atoms with Crippen molar-refractivity contribution in [2.24, 2.45) is 0 Å². The molecule has 0 aliphatic heterocycles. The fourth-order valence-corrected chi connectivity index (χ4v) is 3.03. The number of rotatable bonds is 17. The van der Waals surface area contributed by atoms with E-state index in [1.54, 1.807) is 11.0 Å². The molecule has 0 N–H and O–H groups in total. The Morgan fingerprint density at radius 3 is 1.88 bits per heavy atom. The fraction of sp³-hybridized carbons (Fsp3) is 0.889. The van der Waals surface area contributed by atoms with Crippen molar-refractivity contribution < 1.29 is 9.71 Å². The third-order valence-corrected chi connectivity index (χ3v) is 4.49. The van der Waals surface area contributed by atoms with Gasteiger partial charge >= 0.3 is 6.33 Å². The molecule has 1 aromatic heterocycles. The van der Waals surface area contributed by atoms with Crippen LogP contribution in [-0.4, -0.2) is 14.8 Å². The molecule has 0 spiro atoms. The first-order valence-corrected chi connectivity index (χ1v) is 10.0. The zero-order valence-corrected chi connectivity index (χ0v) is 15.8. The van der Waals surface area contributed by atoms with Gasteiger partial charge < -0.3 is 10.1 Å². The number of hydrogen-bond donors (Lipinski definition) is 0. The summed E-state index contributed by atoms with van der Waals surface area (Å²) in [4.78, 5) is 10.3. The number of nitrogens with zero attached hydrogens (tertiary/aromatic N) is 5. The van der Waals surface area contributed by atoms with Crippen molar-refractivity contribution in [1.29, 1.82) is 0 Å². The molecule has 1 aromatic rings. The summed E-state index contributed by atoms with van der Waals surface area (Å²) in [5.74, 6) is 0. The highest BCUT2D eigenvalue weighted by Gasteiger charge is 2.06. The topological polar surface area (TPSA) is 78.9 Å². The molecular formula is C18H35N5O2. The summed E-state index contributed by atoms with van der Waals surface area (Å²) in [6, 6.07) is 0. The van der Waals surface area contributed by atoms with Crippen LogP contribution in [0.1, 0.15) is 96.8 Å². The van der Waals surface area contributed by atoms with Gasteiger partial charge in [-0.3, -0.25) is 5.53 Å². The Morgan fingerprint density at radius 2 is 1.40 bits per heavy atom. The molecule has 0 aliphatic carbocycles. The Kier molecular flexibility index (Phi) is 12.5. The summed E-state index contributed by atoms with van der Waals surface area (Å²) < 4.78 is 2.83. The average Bonchev–Trinajstić information content (AvgIpc) is 3.01. The monoisotopic (exact) mass is 353 g/mol. The van der Waals surface area contributed by atoms with Crippen LogP contribution in [0, 0.1) is 10.1 Å². The molecule has 0 bridgehead atoms. The molecule has 0 saturated carbocycles. The number of hydrogen-bond acceptors (Lipinski definition) is 3. The molecule has 25 heavy (non-hydrogen) atoms. The van der Waals surface area contributed by atoms with Crippen LogP contribution >= 0.6 is 0 Å². The maximum atomic E-state index is 10.3. The maximum absolute atomic E-state index is 10.3. The van der Waals surface area contributed by atoms with Crippen LogP contribution in [0.25, 0.3) is 5.53 Å². The van der Waals surface area contributed by atoms with Gasteiger partial charge in [0.15, 0.2) is 0 Å². The van der Waals surface area contributed by atoms with Crippen molar-refractivity contribution in [3.63, 3.8) is 0 Å². The van der Waals surface area contributed by atoms with E-state index in [9.17, 15) is 10.1 Å². The summed E-state index contributed by atoms with van der Waals surface area (Å²) in [6.07, 6.45) is 21.6. The molecule has 0 aromatic carbocycles. The van der Waals surface area contributed by atoms with Crippen LogP contribution in [0.4, 0.5) is 0 Å². The SMILES string of the molecule is CCCCCCCCCCCCCCCCn1c[n+]([N-][N+](=O)[O-])cn1. The second-order valence-corrected chi connectivity index (χ2v) is 6.81. The average molecular weight is 354 g/mol. The predicted molar refractivity (Wildman–Crippen MR) is 98.5 cm³/mol. The Bertz CT molecular complexity index is 450. The molecule has 144 valence electrons. The minimum atomic E-state index is -0.724. The van der Waals surface area contributed by atoms with Crippen LogP contribution in [0.2, 0.25) is 0 Å².